The Morgan fingerprint density at radius 3 is 2.42 bits per heavy atom. The summed E-state index contributed by atoms with van der Waals surface area (Å²) in [4.78, 5) is 10.6. The molecular weight excluding hydrogens is 239 g/mol. The molecule has 1 aromatic rings. The Hall–Kier alpha value is -1.49. The maximum Gasteiger partial charge on any atom is 0.200 e. The first-order chi connectivity index (χ1) is 9.13. The minimum atomic E-state index is -0.511. The van der Waals surface area contributed by atoms with Gasteiger partial charge in [-0.25, -0.2) is 0 Å². The third-order valence-electron chi connectivity index (χ3n) is 3.49. The molecule has 0 saturated heterocycles. The van der Waals surface area contributed by atoms with Crippen LogP contribution in [-0.2, 0) is 6.54 Å². The number of aliphatic hydroxyl groups is 1. The van der Waals surface area contributed by atoms with E-state index in [4.69, 9.17) is 7.85 Å². The summed E-state index contributed by atoms with van der Waals surface area (Å²) in [6, 6.07) is 8.39. The molecule has 1 fully saturated rings. The van der Waals surface area contributed by atoms with E-state index >= 15 is 0 Å². The Kier molecular flexibility index (Phi) is 4.85. The van der Waals surface area contributed by atoms with Crippen LogP contribution in [0.25, 0.3) is 0 Å². The quantitative estimate of drug-likeness (QED) is 0.721. The topological polar surface area (TPSA) is 61.4 Å². The highest BCUT2D eigenvalue weighted by Gasteiger charge is 2.18. The first-order valence-electron chi connectivity index (χ1n) is 6.70. The van der Waals surface area contributed by atoms with E-state index in [-0.39, 0.29) is 6.10 Å². The summed E-state index contributed by atoms with van der Waals surface area (Å²) in [5.41, 5.74) is 2.09. The molecule has 0 aliphatic heterocycles. The van der Waals surface area contributed by atoms with Crippen LogP contribution in [0.15, 0.2) is 24.3 Å². The molecule has 0 heterocycles. The molecule has 1 amide bonds. The SMILES string of the molecule is [B]C(=O)NCc1ccc(NC2CCC(O)CC2)cc1. The summed E-state index contributed by atoms with van der Waals surface area (Å²) in [5.74, 6) is -0.511. The highest BCUT2D eigenvalue weighted by Crippen LogP contribution is 2.22. The number of carbonyl (C=O) groups excluding carboxylic acids is 1. The van der Waals surface area contributed by atoms with Crippen LogP contribution in [0.3, 0.4) is 0 Å². The monoisotopic (exact) mass is 258 g/mol. The number of anilines is 1. The summed E-state index contributed by atoms with van der Waals surface area (Å²) in [5, 5.41) is 15.5. The molecule has 0 aromatic heterocycles. The van der Waals surface area contributed by atoms with E-state index < -0.39 is 5.81 Å². The van der Waals surface area contributed by atoms with Gasteiger partial charge in [0.1, 0.15) is 0 Å². The molecule has 19 heavy (non-hydrogen) atoms. The molecular formula is C14H19BN2O2. The maximum atomic E-state index is 10.6. The van der Waals surface area contributed by atoms with Crippen LogP contribution in [0.1, 0.15) is 31.2 Å². The molecule has 5 heteroatoms. The van der Waals surface area contributed by atoms with Gasteiger partial charge in [0.2, 0.25) is 7.85 Å². The molecule has 1 aliphatic carbocycles. The summed E-state index contributed by atoms with van der Waals surface area (Å²) >= 11 is 0. The van der Waals surface area contributed by atoms with Crippen LogP contribution in [0, 0.1) is 0 Å². The van der Waals surface area contributed by atoms with Gasteiger partial charge in [0.05, 0.1) is 6.10 Å². The van der Waals surface area contributed by atoms with Crippen molar-refractivity contribution >= 4 is 19.3 Å². The number of nitrogens with one attached hydrogen (secondary N) is 2. The lowest BCUT2D eigenvalue weighted by Crippen LogP contribution is -2.28. The van der Waals surface area contributed by atoms with Gasteiger partial charge in [0, 0.05) is 18.3 Å². The van der Waals surface area contributed by atoms with Crippen molar-refractivity contribution in [2.45, 2.75) is 44.4 Å². The van der Waals surface area contributed by atoms with Gasteiger partial charge in [0.25, 0.3) is 0 Å². The molecule has 0 bridgehead atoms. The highest BCUT2D eigenvalue weighted by atomic mass is 16.3. The van der Waals surface area contributed by atoms with Crippen LogP contribution >= 0.6 is 0 Å². The van der Waals surface area contributed by atoms with Crippen LogP contribution in [-0.4, -0.2) is 30.9 Å². The van der Waals surface area contributed by atoms with Gasteiger partial charge in [-0.15, -0.1) is 0 Å². The van der Waals surface area contributed by atoms with Crippen molar-refractivity contribution in [3.8, 4) is 0 Å². The second-order valence-electron chi connectivity index (χ2n) is 5.06. The maximum absolute atomic E-state index is 10.6. The van der Waals surface area contributed by atoms with Crippen molar-refractivity contribution in [2.24, 2.45) is 0 Å². The van der Waals surface area contributed by atoms with Crippen molar-refractivity contribution in [3.05, 3.63) is 29.8 Å². The van der Waals surface area contributed by atoms with Crippen molar-refractivity contribution in [2.75, 3.05) is 5.32 Å². The van der Waals surface area contributed by atoms with E-state index in [9.17, 15) is 9.90 Å². The van der Waals surface area contributed by atoms with Crippen molar-refractivity contribution < 1.29 is 9.90 Å². The van der Waals surface area contributed by atoms with E-state index in [0.29, 0.717) is 12.6 Å². The lowest BCUT2D eigenvalue weighted by atomic mass is 9.93. The fourth-order valence-electron chi connectivity index (χ4n) is 2.36. The third kappa shape index (κ3) is 4.60. The molecule has 0 unspecified atom stereocenters. The Morgan fingerprint density at radius 1 is 1.21 bits per heavy atom. The number of amides is 1. The van der Waals surface area contributed by atoms with Crippen molar-refractivity contribution in [3.63, 3.8) is 0 Å². The largest absolute Gasteiger partial charge is 0.393 e. The Bertz CT molecular complexity index is 414. The van der Waals surface area contributed by atoms with E-state index in [2.05, 4.69) is 10.6 Å². The lowest BCUT2D eigenvalue weighted by molar-refractivity contribution is 0.126. The van der Waals surface area contributed by atoms with Crippen LogP contribution in [0.2, 0.25) is 0 Å². The molecule has 3 N–H and O–H groups in total. The molecule has 1 saturated carbocycles. The zero-order valence-electron chi connectivity index (χ0n) is 10.9. The standard InChI is InChI=1S/C14H19BN2O2/c15-14(19)16-9-10-1-3-11(4-2-10)17-12-5-7-13(18)8-6-12/h1-4,12-13,17-18H,5-9H2,(H,16,19). The average Bonchev–Trinajstić information content (AvgIpc) is 2.40. The van der Waals surface area contributed by atoms with E-state index in [1.54, 1.807) is 0 Å². The number of aliphatic hydroxyl groups excluding tert-OH is 1. The van der Waals surface area contributed by atoms with Gasteiger partial charge in [-0.1, -0.05) is 12.1 Å². The Labute approximate surface area is 115 Å². The van der Waals surface area contributed by atoms with Gasteiger partial charge >= 0.3 is 0 Å². The first-order valence-corrected chi connectivity index (χ1v) is 6.70. The summed E-state index contributed by atoms with van der Waals surface area (Å²) in [7, 11) is 5.02. The second-order valence-corrected chi connectivity index (χ2v) is 5.06. The Balaban J connectivity index is 1.83. The number of hydrogen-bond donors (Lipinski definition) is 3. The summed E-state index contributed by atoms with van der Waals surface area (Å²) < 4.78 is 0. The minimum Gasteiger partial charge on any atom is -0.393 e. The van der Waals surface area contributed by atoms with Gasteiger partial charge in [0.15, 0.2) is 5.81 Å². The van der Waals surface area contributed by atoms with E-state index in [1.807, 2.05) is 24.3 Å². The van der Waals surface area contributed by atoms with Gasteiger partial charge < -0.3 is 15.7 Å². The number of rotatable bonds is 4. The normalized spacial score (nSPS) is 22.8. The van der Waals surface area contributed by atoms with Gasteiger partial charge in [-0.05, 0) is 43.4 Å². The lowest BCUT2D eigenvalue weighted by Gasteiger charge is -2.27. The average molecular weight is 258 g/mol. The predicted molar refractivity (Wildman–Crippen MR) is 76.3 cm³/mol. The molecule has 0 spiro atoms. The van der Waals surface area contributed by atoms with Gasteiger partial charge in [-0.2, -0.15) is 0 Å². The van der Waals surface area contributed by atoms with E-state index in [0.717, 1.165) is 36.9 Å². The number of hydrogen-bond acceptors (Lipinski definition) is 3. The first kappa shape index (κ1) is 13.9. The second kappa shape index (κ2) is 6.61. The zero-order chi connectivity index (χ0) is 13.7. The minimum absolute atomic E-state index is 0.125. The highest BCUT2D eigenvalue weighted by molar-refractivity contribution is 6.57. The number of benzene rings is 1. The smallest absolute Gasteiger partial charge is 0.200 e. The van der Waals surface area contributed by atoms with E-state index in [1.165, 1.54) is 0 Å². The van der Waals surface area contributed by atoms with Crippen molar-refractivity contribution in [1.29, 1.82) is 0 Å². The molecule has 1 aliphatic rings. The third-order valence-corrected chi connectivity index (χ3v) is 3.49. The molecule has 2 rings (SSSR count). The fourth-order valence-corrected chi connectivity index (χ4v) is 2.36. The zero-order valence-corrected chi connectivity index (χ0v) is 10.9. The molecule has 100 valence electrons. The van der Waals surface area contributed by atoms with Crippen LogP contribution < -0.4 is 10.6 Å². The molecule has 0 atom stereocenters. The molecule has 1 aromatic carbocycles. The van der Waals surface area contributed by atoms with Crippen LogP contribution in [0.5, 0.6) is 0 Å². The van der Waals surface area contributed by atoms with Crippen molar-refractivity contribution in [1.82, 2.24) is 5.32 Å². The summed E-state index contributed by atoms with van der Waals surface area (Å²) in [6.07, 6.45) is 3.63. The van der Waals surface area contributed by atoms with Gasteiger partial charge in [-0.3, -0.25) is 4.79 Å². The fraction of sp³-hybridized carbons (Fsp3) is 0.500. The predicted octanol–water partition coefficient (Wildman–Crippen LogP) is 1.78. The molecule has 4 nitrogen and oxygen atoms in total. The summed E-state index contributed by atoms with van der Waals surface area (Å²) in [6.45, 7) is 0.450. The van der Waals surface area contributed by atoms with Crippen LogP contribution in [0.4, 0.5) is 10.5 Å². The number of carbonyl (C=O) groups is 1. The molecule has 2 radical (unpaired) electrons. The Morgan fingerprint density at radius 2 is 1.84 bits per heavy atom.